The molecule has 0 N–H and O–H groups in total. The molecule has 1 aliphatic rings. The van der Waals surface area contributed by atoms with E-state index in [4.69, 9.17) is 10.00 Å². The number of pyridine rings is 1. The highest BCUT2D eigenvalue weighted by atomic mass is 16.5. The van der Waals surface area contributed by atoms with Crippen molar-refractivity contribution in [2.24, 2.45) is 0 Å². The summed E-state index contributed by atoms with van der Waals surface area (Å²) in [5, 5.41) is 8.78. The Morgan fingerprint density at radius 1 is 1.72 bits per heavy atom. The largest absolute Gasteiger partial charge is 0.472 e. The summed E-state index contributed by atoms with van der Waals surface area (Å²) in [4.78, 5) is 17.4. The zero-order chi connectivity index (χ0) is 13.0. The number of hydrogen-bond acceptors (Lipinski definition) is 4. The molecule has 0 aromatic carbocycles. The Balaban J connectivity index is 1.95. The second kappa shape index (κ2) is 5.50. The van der Waals surface area contributed by atoms with Crippen molar-refractivity contribution in [1.29, 1.82) is 5.26 Å². The van der Waals surface area contributed by atoms with Crippen molar-refractivity contribution < 1.29 is 9.53 Å². The molecule has 0 spiro atoms. The lowest BCUT2D eigenvalue weighted by Crippen LogP contribution is -2.30. The van der Waals surface area contributed by atoms with Gasteiger partial charge in [0.25, 0.3) is 0 Å². The predicted octanol–water partition coefficient (Wildman–Crippen LogP) is 1.34. The van der Waals surface area contributed by atoms with Crippen molar-refractivity contribution >= 4 is 5.91 Å². The fourth-order valence-electron chi connectivity index (χ4n) is 1.99. The summed E-state index contributed by atoms with van der Waals surface area (Å²) in [6, 6.07) is 5.29. The maximum Gasteiger partial charge on any atom is 0.222 e. The zero-order valence-electron chi connectivity index (χ0n) is 10.3. The molecule has 1 atom stereocenters. The molecular weight excluding hydrogens is 230 g/mol. The van der Waals surface area contributed by atoms with Crippen LogP contribution in [0, 0.1) is 11.3 Å². The van der Waals surface area contributed by atoms with Crippen LogP contribution in [0.4, 0.5) is 0 Å². The normalized spacial score (nSPS) is 18.4. The van der Waals surface area contributed by atoms with Gasteiger partial charge in [-0.05, 0) is 6.07 Å². The molecule has 1 fully saturated rings. The van der Waals surface area contributed by atoms with E-state index in [1.54, 1.807) is 23.2 Å². The molecule has 1 unspecified atom stereocenters. The van der Waals surface area contributed by atoms with E-state index >= 15 is 0 Å². The first-order valence-electron chi connectivity index (χ1n) is 6.03. The summed E-state index contributed by atoms with van der Waals surface area (Å²) in [7, 11) is 0. The topological polar surface area (TPSA) is 66.2 Å². The van der Waals surface area contributed by atoms with Gasteiger partial charge in [-0.1, -0.05) is 6.92 Å². The quantitative estimate of drug-likeness (QED) is 0.806. The Kier molecular flexibility index (Phi) is 3.78. The van der Waals surface area contributed by atoms with Crippen molar-refractivity contribution in [2.75, 3.05) is 13.1 Å². The lowest BCUT2D eigenvalue weighted by molar-refractivity contribution is -0.130. The summed E-state index contributed by atoms with van der Waals surface area (Å²) >= 11 is 0. The lowest BCUT2D eigenvalue weighted by Gasteiger charge is -2.16. The Hall–Kier alpha value is -2.09. The van der Waals surface area contributed by atoms with Crippen LogP contribution in [0.25, 0.3) is 0 Å². The van der Waals surface area contributed by atoms with Crippen molar-refractivity contribution in [3.05, 3.63) is 23.9 Å². The molecule has 1 aromatic rings. The smallest absolute Gasteiger partial charge is 0.222 e. The molecule has 18 heavy (non-hydrogen) atoms. The van der Waals surface area contributed by atoms with Gasteiger partial charge in [0.1, 0.15) is 6.10 Å². The van der Waals surface area contributed by atoms with Crippen LogP contribution in [0.2, 0.25) is 0 Å². The molecule has 0 radical (unpaired) electrons. The third-order valence-electron chi connectivity index (χ3n) is 2.95. The van der Waals surface area contributed by atoms with Crippen molar-refractivity contribution in [3.8, 4) is 11.9 Å². The van der Waals surface area contributed by atoms with Gasteiger partial charge in [-0.2, -0.15) is 5.26 Å². The summed E-state index contributed by atoms with van der Waals surface area (Å²) in [5.41, 5.74) is 0.527. The van der Waals surface area contributed by atoms with E-state index in [9.17, 15) is 4.79 Å². The summed E-state index contributed by atoms with van der Waals surface area (Å²) in [6.45, 7) is 3.19. The van der Waals surface area contributed by atoms with Crippen molar-refractivity contribution in [2.45, 2.75) is 25.9 Å². The zero-order valence-corrected chi connectivity index (χ0v) is 10.3. The van der Waals surface area contributed by atoms with Crippen LogP contribution in [-0.4, -0.2) is 35.0 Å². The average molecular weight is 245 g/mol. The fourth-order valence-corrected chi connectivity index (χ4v) is 1.99. The molecule has 5 heteroatoms. The number of nitriles is 1. The molecule has 1 saturated heterocycles. The summed E-state index contributed by atoms with van der Waals surface area (Å²) < 4.78 is 5.69. The molecule has 94 valence electrons. The van der Waals surface area contributed by atoms with E-state index in [1.807, 2.05) is 13.0 Å². The first kappa shape index (κ1) is 12.4. The number of ether oxygens (including phenoxy) is 1. The number of aromatic nitrogens is 1. The molecule has 2 rings (SSSR count). The Morgan fingerprint density at radius 2 is 2.56 bits per heavy atom. The Labute approximate surface area is 106 Å². The van der Waals surface area contributed by atoms with Crippen LogP contribution in [0.1, 0.15) is 25.3 Å². The van der Waals surface area contributed by atoms with Gasteiger partial charge in [-0.25, -0.2) is 4.98 Å². The number of carbonyl (C=O) groups is 1. The number of amides is 1. The van der Waals surface area contributed by atoms with Gasteiger partial charge >= 0.3 is 0 Å². The Bertz CT molecular complexity index is 481. The molecule has 5 nitrogen and oxygen atoms in total. The standard InChI is InChI=1S/C13H15N3O2/c1-2-13(17)16-6-4-11(9-16)18-12-7-10(8-14)3-5-15-12/h3,5,7,11H,2,4,6,9H2,1H3. The van der Waals surface area contributed by atoms with Crippen LogP contribution in [0.3, 0.4) is 0 Å². The van der Waals surface area contributed by atoms with E-state index in [0.717, 1.165) is 13.0 Å². The number of carbonyl (C=O) groups excluding carboxylic acids is 1. The second-order valence-electron chi connectivity index (χ2n) is 4.22. The number of nitrogens with zero attached hydrogens (tertiary/aromatic N) is 3. The molecule has 1 aromatic heterocycles. The van der Waals surface area contributed by atoms with E-state index in [1.165, 1.54) is 0 Å². The summed E-state index contributed by atoms with van der Waals surface area (Å²) in [6.07, 6.45) is 2.86. The minimum absolute atomic E-state index is 0.0260. The average Bonchev–Trinajstić information content (AvgIpc) is 2.86. The molecule has 0 bridgehead atoms. The molecule has 0 aliphatic carbocycles. The molecule has 1 aliphatic heterocycles. The molecule has 2 heterocycles. The minimum atomic E-state index is -0.0260. The van der Waals surface area contributed by atoms with Crippen molar-refractivity contribution in [3.63, 3.8) is 0 Å². The SMILES string of the molecule is CCC(=O)N1CCC(Oc2cc(C#N)ccn2)C1. The molecule has 0 saturated carbocycles. The van der Waals surface area contributed by atoms with Crippen LogP contribution < -0.4 is 4.74 Å². The first-order chi connectivity index (χ1) is 8.72. The monoisotopic (exact) mass is 245 g/mol. The van der Waals surface area contributed by atoms with Gasteiger partial charge in [0.15, 0.2) is 0 Å². The third kappa shape index (κ3) is 2.77. The van der Waals surface area contributed by atoms with E-state index in [-0.39, 0.29) is 12.0 Å². The second-order valence-corrected chi connectivity index (χ2v) is 4.22. The lowest BCUT2D eigenvalue weighted by atomic mass is 10.3. The predicted molar refractivity (Wildman–Crippen MR) is 64.9 cm³/mol. The summed E-state index contributed by atoms with van der Waals surface area (Å²) in [5.74, 6) is 0.602. The van der Waals surface area contributed by atoms with Gasteiger partial charge < -0.3 is 9.64 Å². The van der Waals surface area contributed by atoms with E-state index in [2.05, 4.69) is 4.98 Å². The van der Waals surface area contributed by atoms with Gasteiger partial charge in [-0.3, -0.25) is 4.79 Å². The number of rotatable bonds is 3. The van der Waals surface area contributed by atoms with Crippen LogP contribution in [0.15, 0.2) is 18.3 Å². The highest BCUT2D eigenvalue weighted by molar-refractivity contribution is 5.76. The van der Waals surface area contributed by atoms with Crippen LogP contribution >= 0.6 is 0 Å². The highest BCUT2D eigenvalue weighted by Gasteiger charge is 2.26. The van der Waals surface area contributed by atoms with Gasteiger partial charge in [0.05, 0.1) is 18.2 Å². The van der Waals surface area contributed by atoms with E-state index in [0.29, 0.717) is 24.4 Å². The van der Waals surface area contributed by atoms with Gasteiger partial charge in [-0.15, -0.1) is 0 Å². The van der Waals surface area contributed by atoms with Gasteiger partial charge in [0, 0.05) is 31.6 Å². The first-order valence-corrected chi connectivity index (χ1v) is 6.03. The molecular formula is C13H15N3O2. The van der Waals surface area contributed by atoms with E-state index < -0.39 is 0 Å². The van der Waals surface area contributed by atoms with Crippen LogP contribution in [-0.2, 0) is 4.79 Å². The fraction of sp³-hybridized carbons (Fsp3) is 0.462. The highest BCUT2D eigenvalue weighted by Crippen LogP contribution is 2.17. The Morgan fingerprint density at radius 3 is 3.28 bits per heavy atom. The van der Waals surface area contributed by atoms with Gasteiger partial charge in [0.2, 0.25) is 11.8 Å². The maximum absolute atomic E-state index is 11.5. The third-order valence-corrected chi connectivity index (χ3v) is 2.95. The molecule has 1 amide bonds. The van der Waals surface area contributed by atoms with Crippen LogP contribution in [0.5, 0.6) is 5.88 Å². The van der Waals surface area contributed by atoms with Crippen molar-refractivity contribution in [1.82, 2.24) is 9.88 Å². The maximum atomic E-state index is 11.5. The minimum Gasteiger partial charge on any atom is -0.472 e. The number of hydrogen-bond donors (Lipinski definition) is 0. The number of likely N-dealkylation sites (tertiary alicyclic amines) is 1.